The maximum absolute atomic E-state index is 5.73. The molecule has 0 unspecified atom stereocenters. The fourth-order valence-corrected chi connectivity index (χ4v) is 1.38. The van der Waals surface area contributed by atoms with Crippen molar-refractivity contribution in [1.82, 2.24) is 9.97 Å². The van der Waals surface area contributed by atoms with Crippen molar-refractivity contribution in [1.29, 1.82) is 0 Å². The fraction of sp³-hybridized carbons (Fsp3) is 0.250. The van der Waals surface area contributed by atoms with Gasteiger partial charge >= 0.3 is 0 Å². The zero-order valence-electron chi connectivity index (χ0n) is 6.76. The highest BCUT2D eigenvalue weighted by atomic mass is 35.5. The summed E-state index contributed by atoms with van der Waals surface area (Å²) in [6.07, 6.45) is 0. The molecule has 0 spiro atoms. The van der Waals surface area contributed by atoms with Gasteiger partial charge in [-0.05, 0) is 6.92 Å². The summed E-state index contributed by atoms with van der Waals surface area (Å²) in [5, 5.41) is 0.441. The van der Waals surface area contributed by atoms with Crippen LogP contribution >= 0.6 is 11.6 Å². The van der Waals surface area contributed by atoms with Crippen molar-refractivity contribution in [2.24, 2.45) is 0 Å². The summed E-state index contributed by atoms with van der Waals surface area (Å²) in [5.41, 5.74) is 2.29. The quantitative estimate of drug-likeness (QED) is 0.588. The van der Waals surface area contributed by atoms with E-state index in [1.165, 1.54) is 0 Å². The van der Waals surface area contributed by atoms with Crippen LogP contribution in [0.1, 0.15) is 11.6 Å². The van der Waals surface area contributed by atoms with Gasteiger partial charge in [0.15, 0.2) is 11.5 Å². The van der Waals surface area contributed by atoms with Crippen molar-refractivity contribution in [2.45, 2.75) is 13.8 Å². The van der Waals surface area contributed by atoms with Gasteiger partial charge in [0, 0.05) is 13.0 Å². The number of hydrogen-bond acceptors (Lipinski definition) is 3. The molecule has 0 aliphatic heterocycles. The van der Waals surface area contributed by atoms with Gasteiger partial charge in [0.05, 0.1) is 5.69 Å². The van der Waals surface area contributed by atoms with Crippen molar-refractivity contribution >= 4 is 22.7 Å². The number of hydrogen-bond donors (Lipinski definition) is 0. The van der Waals surface area contributed by atoms with Gasteiger partial charge < -0.3 is 4.42 Å². The highest BCUT2D eigenvalue weighted by Gasteiger charge is 2.06. The van der Waals surface area contributed by atoms with Crippen LogP contribution in [0.4, 0.5) is 0 Å². The second kappa shape index (κ2) is 2.45. The van der Waals surface area contributed by atoms with Crippen LogP contribution in [-0.2, 0) is 0 Å². The van der Waals surface area contributed by atoms with Crippen molar-refractivity contribution in [3.05, 3.63) is 22.8 Å². The summed E-state index contributed by atoms with van der Waals surface area (Å²) >= 11 is 5.73. The summed E-state index contributed by atoms with van der Waals surface area (Å²) < 4.78 is 5.29. The Kier molecular flexibility index (Phi) is 1.54. The Hall–Kier alpha value is -1.09. The molecule has 0 amide bonds. The van der Waals surface area contributed by atoms with E-state index in [2.05, 4.69) is 9.97 Å². The Morgan fingerprint density at radius 1 is 1.33 bits per heavy atom. The molecule has 0 fully saturated rings. The molecule has 0 aromatic carbocycles. The van der Waals surface area contributed by atoms with Crippen LogP contribution < -0.4 is 0 Å². The Labute approximate surface area is 74.4 Å². The molecular formula is C8H7ClN2O. The van der Waals surface area contributed by atoms with Crippen LogP contribution in [0.3, 0.4) is 0 Å². The van der Waals surface area contributed by atoms with Crippen LogP contribution in [0.5, 0.6) is 0 Å². The number of aryl methyl sites for hydroxylation is 2. The van der Waals surface area contributed by atoms with E-state index in [-0.39, 0.29) is 0 Å². The molecule has 0 radical (unpaired) electrons. The lowest BCUT2D eigenvalue weighted by Crippen LogP contribution is -1.83. The SMILES string of the molecule is Cc1nc2c(C)nc(Cl)cc2o1. The summed E-state index contributed by atoms with van der Waals surface area (Å²) in [6, 6.07) is 1.67. The van der Waals surface area contributed by atoms with Crippen LogP contribution in [0.15, 0.2) is 10.5 Å². The third kappa shape index (κ3) is 1.06. The van der Waals surface area contributed by atoms with Crippen LogP contribution in [0.25, 0.3) is 11.1 Å². The van der Waals surface area contributed by atoms with Gasteiger partial charge in [0.25, 0.3) is 0 Å². The summed E-state index contributed by atoms with van der Waals surface area (Å²) in [4.78, 5) is 8.22. The van der Waals surface area contributed by atoms with Crippen molar-refractivity contribution in [2.75, 3.05) is 0 Å². The Morgan fingerprint density at radius 2 is 2.08 bits per heavy atom. The van der Waals surface area contributed by atoms with E-state index in [0.717, 1.165) is 11.2 Å². The second-order valence-electron chi connectivity index (χ2n) is 2.61. The Bertz CT molecular complexity index is 436. The molecule has 0 saturated heterocycles. The van der Waals surface area contributed by atoms with Crippen LogP contribution in [0.2, 0.25) is 5.15 Å². The maximum Gasteiger partial charge on any atom is 0.192 e. The summed E-state index contributed by atoms with van der Waals surface area (Å²) in [7, 11) is 0. The van der Waals surface area contributed by atoms with E-state index in [0.29, 0.717) is 16.6 Å². The smallest absolute Gasteiger partial charge is 0.192 e. The van der Waals surface area contributed by atoms with Crippen LogP contribution in [-0.4, -0.2) is 9.97 Å². The molecule has 3 nitrogen and oxygen atoms in total. The summed E-state index contributed by atoms with van der Waals surface area (Å²) in [5.74, 6) is 0.636. The van der Waals surface area contributed by atoms with Crippen molar-refractivity contribution in [3.63, 3.8) is 0 Å². The standard InChI is InChI=1S/C8H7ClN2O/c1-4-8-6(3-7(9)10-4)12-5(2)11-8/h3H,1-2H3. The first-order valence-corrected chi connectivity index (χ1v) is 3.95. The molecule has 0 N–H and O–H groups in total. The Morgan fingerprint density at radius 3 is 2.83 bits per heavy atom. The van der Waals surface area contributed by atoms with E-state index in [1.54, 1.807) is 13.0 Å². The molecule has 2 rings (SSSR count). The van der Waals surface area contributed by atoms with Gasteiger partial charge in [-0.3, -0.25) is 0 Å². The number of fused-ring (bicyclic) bond motifs is 1. The fourth-order valence-electron chi connectivity index (χ4n) is 1.15. The topological polar surface area (TPSA) is 38.9 Å². The predicted molar refractivity (Wildman–Crippen MR) is 46.3 cm³/mol. The first-order chi connectivity index (χ1) is 5.66. The molecular weight excluding hydrogens is 176 g/mol. The lowest BCUT2D eigenvalue weighted by Gasteiger charge is -1.92. The van der Waals surface area contributed by atoms with Gasteiger partial charge in [0.1, 0.15) is 10.7 Å². The predicted octanol–water partition coefficient (Wildman–Crippen LogP) is 2.49. The monoisotopic (exact) mass is 182 g/mol. The highest BCUT2D eigenvalue weighted by molar-refractivity contribution is 6.30. The van der Waals surface area contributed by atoms with Crippen molar-refractivity contribution in [3.8, 4) is 0 Å². The molecule has 2 aromatic heterocycles. The minimum atomic E-state index is 0.441. The highest BCUT2D eigenvalue weighted by Crippen LogP contribution is 2.20. The first kappa shape index (κ1) is 7.55. The molecule has 2 aromatic rings. The zero-order chi connectivity index (χ0) is 8.72. The van der Waals surface area contributed by atoms with Gasteiger partial charge in [-0.25, -0.2) is 9.97 Å². The lowest BCUT2D eigenvalue weighted by molar-refractivity contribution is 0.561. The largest absolute Gasteiger partial charge is 0.441 e. The van der Waals surface area contributed by atoms with Crippen LogP contribution in [0, 0.1) is 13.8 Å². The number of oxazole rings is 1. The van der Waals surface area contributed by atoms with Gasteiger partial charge in [-0.2, -0.15) is 0 Å². The Balaban J connectivity index is 2.88. The minimum Gasteiger partial charge on any atom is -0.441 e. The van der Waals surface area contributed by atoms with E-state index in [4.69, 9.17) is 16.0 Å². The third-order valence-electron chi connectivity index (χ3n) is 1.63. The molecule has 0 saturated carbocycles. The molecule has 0 atom stereocenters. The minimum absolute atomic E-state index is 0.441. The van der Waals surface area contributed by atoms with Crippen molar-refractivity contribution < 1.29 is 4.42 Å². The second-order valence-corrected chi connectivity index (χ2v) is 3.00. The molecule has 4 heteroatoms. The molecule has 0 aliphatic carbocycles. The molecule has 0 aliphatic rings. The summed E-state index contributed by atoms with van der Waals surface area (Å²) in [6.45, 7) is 3.66. The first-order valence-electron chi connectivity index (χ1n) is 3.57. The van der Waals surface area contributed by atoms with Gasteiger partial charge in [0.2, 0.25) is 0 Å². The number of rotatable bonds is 0. The zero-order valence-corrected chi connectivity index (χ0v) is 7.51. The molecule has 12 heavy (non-hydrogen) atoms. The maximum atomic E-state index is 5.73. The number of nitrogens with zero attached hydrogens (tertiary/aromatic N) is 2. The van der Waals surface area contributed by atoms with E-state index in [1.807, 2.05) is 6.92 Å². The van der Waals surface area contributed by atoms with Gasteiger partial charge in [-0.1, -0.05) is 11.6 Å². The molecule has 0 bridgehead atoms. The van der Waals surface area contributed by atoms with E-state index in [9.17, 15) is 0 Å². The lowest BCUT2D eigenvalue weighted by atomic mass is 10.3. The average molecular weight is 183 g/mol. The number of aromatic nitrogens is 2. The normalized spacial score (nSPS) is 10.9. The third-order valence-corrected chi connectivity index (χ3v) is 1.82. The van der Waals surface area contributed by atoms with E-state index >= 15 is 0 Å². The van der Waals surface area contributed by atoms with Gasteiger partial charge in [-0.15, -0.1) is 0 Å². The average Bonchev–Trinajstić information content (AvgIpc) is 2.29. The molecule has 62 valence electrons. The number of halogens is 1. The number of pyridine rings is 1. The van der Waals surface area contributed by atoms with E-state index < -0.39 is 0 Å². The molecule has 2 heterocycles.